The molecule has 0 aromatic rings. The predicted molar refractivity (Wildman–Crippen MR) is 52.3 cm³/mol. The summed E-state index contributed by atoms with van der Waals surface area (Å²) in [6, 6.07) is 0. The summed E-state index contributed by atoms with van der Waals surface area (Å²) in [5.74, 6) is 1.49. The molecule has 0 aromatic heterocycles. The molecule has 2 rings (SSSR count). The van der Waals surface area contributed by atoms with Crippen LogP contribution in [0.3, 0.4) is 0 Å². The van der Waals surface area contributed by atoms with Crippen LogP contribution in [0.2, 0.25) is 0 Å². The van der Waals surface area contributed by atoms with E-state index in [-0.39, 0.29) is 0 Å². The van der Waals surface area contributed by atoms with Crippen LogP contribution in [0.5, 0.6) is 0 Å². The van der Waals surface area contributed by atoms with Crippen molar-refractivity contribution in [1.82, 2.24) is 4.90 Å². The van der Waals surface area contributed by atoms with Gasteiger partial charge in [-0.25, -0.2) is 0 Å². The van der Waals surface area contributed by atoms with Crippen LogP contribution in [0.1, 0.15) is 39.0 Å². The van der Waals surface area contributed by atoms with Gasteiger partial charge in [0.05, 0.1) is 0 Å². The molecule has 0 spiro atoms. The van der Waals surface area contributed by atoms with Gasteiger partial charge in [-0.1, -0.05) is 19.8 Å². The van der Waals surface area contributed by atoms with Gasteiger partial charge in [0.25, 0.3) is 0 Å². The van der Waals surface area contributed by atoms with Crippen molar-refractivity contribution in [2.24, 2.45) is 11.8 Å². The van der Waals surface area contributed by atoms with Crippen LogP contribution in [0.25, 0.3) is 0 Å². The first-order valence-corrected chi connectivity index (χ1v) is 5.58. The first kappa shape index (κ1) is 9.04. The van der Waals surface area contributed by atoms with Crippen molar-refractivity contribution in [3.63, 3.8) is 0 Å². The molecule has 0 N–H and O–H groups in total. The zero-order valence-corrected chi connectivity index (χ0v) is 8.46. The number of rotatable bonds is 1. The largest absolute Gasteiger partial charge is 0.342 e. The standard InChI is InChI=1S/C11H19NO/c1-9-8-10(9)11(13)12-6-4-2-3-5-7-12/h9-10H,2-8H2,1H3. The van der Waals surface area contributed by atoms with Gasteiger partial charge >= 0.3 is 0 Å². The molecule has 1 heterocycles. The Balaban J connectivity index is 1.87. The molecule has 0 aromatic carbocycles. The number of carbonyl (C=O) groups is 1. The van der Waals surface area contributed by atoms with Crippen LogP contribution in [0, 0.1) is 11.8 Å². The van der Waals surface area contributed by atoms with Gasteiger partial charge in [0, 0.05) is 19.0 Å². The summed E-state index contributed by atoms with van der Waals surface area (Å²) >= 11 is 0. The molecule has 1 amide bonds. The smallest absolute Gasteiger partial charge is 0.225 e. The highest BCUT2D eigenvalue weighted by molar-refractivity contribution is 5.81. The zero-order valence-electron chi connectivity index (χ0n) is 8.46. The van der Waals surface area contributed by atoms with E-state index in [0.29, 0.717) is 17.7 Å². The topological polar surface area (TPSA) is 20.3 Å². The minimum atomic E-state index is 0.387. The number of amides is 1. The van der Waals surface area contributed by atoms with Crippen molar-refractivity contribution in [3.05, 3.63) is 0 Å². The molecule has 2 unspecified atom stereocenters. The molecule has 2 aliphatic rings. The van der Waals surface area contributed by atoms with Gasteiger partial charge in [-0.3, -0.25) is 4.79 Å². The predicted octanol–water partition coefficient (Wildman–Crippen LogP) is 2.04. The first-order chi connectivity index (χ1) is 6.29. The average Bonchev–Trinajstić information content (AvgIpc) is 2.86. The zero-order chi connectivity index (χ0) is 9.26. The van der Waals surface area contributed by atoms with Crippen molar-refractivity contribution in [2.75, 3.05) is 13.1 Å². The van der Waals surface area contributed by atoms with Crippen molar-refractivity contribution in [2.45, 2.75) is 39.0 Å². The Bertz CT molecular complexity index is 194. The summed E-state index contributed by atoms with van der Waals surface area (Å²) < 4.78 is 0. The fraction of sp³-hybridized carbons (Fsp3) is 0.909. The quantitative estimate of drug-likeness (QED) is 0.606. The Labute approximate surface area is 80.3 Å². The second kappa shape index (κ2) is 3.69. The Morgan fingerprint density at radius 3 is 2.15 bits per heavy atom. The van der Waals surface area contributed by atoms with E-state index in [9.17, 15) is 4.79 Å². The molecule has 13 heavy (non-hydrogen) atoms. The van der Waals surface area contributed by atoms with Crippen molar-refractivity contribution in [3.8, 4) is 0 Å². The molecule has 1 saturated heterocycles. The van der Waals surface area contributed by atoms with Gasteiger partial charge in [-0.15, -0.1) is 0 Å². The lowest BCUT2D eigenvalue weighted by Crippen LogP contribution is -2.33. The van der Waals surface area contributed by atoms with Crippen LogP contribution >= 0.6 is 0 Å². The number of hydrogen-bond acceptors (Lipinski definition) is 1. The molecule has 74 valence electrons. The van der Waals surface area contributed by atoms with Gasteiger partial charge in [0.1, 0.15) is 0 Å². The third-order valence-electron chi connectivity index (χ3n) is 3.34. The number of hydrogen-bond donors (Lipinski definition) is 0. The van der Waals surface area contributed by atoms with E-state index in [1.807, 2.05) is 0 Å². The third-order valence-corrected chi connectivity index (χ3v) is 3.34. The molecule has 1 saturated carbocycles. The van der Waals surface area contributed by atoms with E-state index in [1.165, 1.54) is 25.7 Å². The highest BCUT2D eigenvalue weighted by Gasteiger charge is 2.41. The van der Waals surface area contributed by atoms with Crippen molar-refractivity contribution < 1.29 is 4.79 Å². The average molecular weight is 181 g/mol. The monoisotopic (exact) mass is 181 g/mol. The number of nitrogens with zero attached hydrogens (tertiary/aromatic N) is 1. The number of likely N-dealkylation sites (tertiary alicyclic amines) is 1. The molecule has 2 nitrogen and oxygen atoms in total. The van der Waals surface area contributed by atoms with Crippen LogP contribution in [-0.4, -0.2) is 23.9 Å². The summed E-state index contributed by atoms with van der Waals surface area (Å²) in [7, 11) is 0. The highest BCUT2D eigenvalue weighted by Crippen LogP contribution is 2.39. The van der Waals surface area contributed by atoms with Crippen molar-refractivity contribution in [1.29, 1.82) is 0 Å². The van der Waals surface area contributed by atoms with Gasteiger partial charge in [-0.05, 0) is 25.2 Å². The molecular weight excluding hydrogens is 162 g/mol. The normalized spacial score (nSPS) is 34.1. The van der Waals surface area contributed by atoms with Crippen molar-refractivity contribution >= 4 is 5.91 Å². The van der Waals surface area contributed by atoms with Gasteiger partial charge in [0.15, 0.2) is 0 Å². The SMILES string of the molecule is CC1CC1C(=O)N1CCCCCC1. The summed E-state index contributed by atoms with van der Waals surface area (Å²) in [5.41, 5.74) is 0. The second-order valence-electron chi connectivity index (χ2n) is 4.56. The highest BCUT2D eigenvalue weighted by atomic mass is 16.2. The maximum atomic E-state index is 11.8. The van der Waals surface area contributed by atoms with Crippen LogP contribution in [-0.2, 0) is 4.79 Å². The van der Waals surface area contributed by atoms with Crippen LogP contribution < -0.4 is 0 Å². The summed E-state index contributed by atoms with van der Waals surface area (Å²) in [6.45, 7) is 4.21. The third kappa shape index (κ3) is 2.04. The fourth-order valence-electron chi connectivity index (χ4n) is 2.19. The Kier molecular flexibility index (Phi) is 2.56. The van der Waals surface area contributed by atoms with E-state index < -0.39 is 0 Å². The van der Waals surface area contributed by atoms with Crippen LogP contribution in [0.4, 0.5) is 0 Å². The minimum Gasteiger partial charge on any atom is -0.342 e. The first-order valence-electron chi connectivity index (χ1n) is 5.58. The van der Waals surface area contributed by atoms with E-state index >= 15 is 0 Å². The number of carbonyl (C=O) groups excluding carboxylic acids is 1. The summed E-state index contributed by atoms with van der Waals surface area (Å²) in [6.07, 6.45) is 6.18. The molecule has 0 radical (unpaired) electrons. The van der Waals surface area contributed by atoms with E-state index in [4.69, 9.17) is 0 Å². The van der Waals surface area contributed by atoms with E-state index in [2.05, 4.69) is 11.8 Å². The Hall–Kier alpha value is -0.530. The molecule has 0 bridgehead atoms. The minimum absolute atomic E-state index is 0.387. The van der Waals surface area contributed by atoms with E-state index in [0.717, 1.165) is 19.5 Å². The molecule has 1 aliphatic carbocycles. The lowest BCUT2D eigenvalue weighted by atomic mass is 10.2. The molecule has 2 atom stereocenters. The lowest BCUT2D eigenvalue weighted by molar-refractivity contribution is -0.132. The molecule has 2 heteroatoms. The van der Waals surface area contributed by atoms with Crippen LogP contribution in [0.15, 0.2) is 0 Å². The second-order valence-corrected chi connectivity index (χ2v) is 4.56. The maximum Gasteiger partial charge on any atom is 0.225 e. The van der Waals surface area contributed by atoms with Gasteiger partial charge in [0.2, 0.25) is 5.91 Å². The summed E-state index contributed by atoms with van der Waals surface area (Å²) in [4.78, 5) is 13.9. The maximum absolute atomic E-state index is 11.8. The molecule has 2 fully saturated rings. The van der Waals surface area contributed by atoms with E-state index in [1.54, 1.807) is 0 Å². The molecular formula is C11H19NO. The Morgan fingerprint density at radius 1 is 1.15 bits per heavy atom. The molecule has 1 aliphatic heterocycles. The summed E-state index contributed by atoms with van der Waals surface area (Å²) in [5, 5.41) is 0. The lowest BCUT2D eigenvalue weighted by Gasteiger charge is -2.20. The van der Waals surface area contributed by atoms with Gasteiger partial charge < -0.3 is 4.90 Å². The Morgan fingerprint density at radius 2 is 1.69 bits per heavy atom. The van der Waals surface area contributed by atoms with Gasteiger partial charge in [-0.2, -0.15) is 0 Å². The fourth-order valence-corrected chi connectivity index (χ4v) is 2.19.